The summed E-state index contributed by atoms with van der Waals surface area (Å²) in [6, 6.07) is 6.39. The fourth-order valence-corrected chi connectivity index (χ4v) is 5.60. The molecule has 9 heteroatoms. The molecule has 4 rings (SSSR count). The highest BCUT2D eigenvalue weighted by molar-refractivity contribution is 7.89. The highest BCUT2D eigenvalue weighted by Gasteiger charge is 2.34. The molecule has 3 aliphatic rings. The van der Waals surface area contributed by atoms with Gasteiger partial charge >= 0.3 is 0 Å². The topological polar surface area (TPSA) is 90.0 Å². The molecule has 2 heterocycles. The minimum Gasteiger partial charge on any atom is -0.340 e. The fraction of sp³-hybridized carbons (Fsp3) is 0.619. The van der Waals surface area contributed by atoms with E-state index >= 15 is 0 Å². The second kappa shape index (κ2) is 9.03. The van der Waals surface area contributed by atoms with Crippen LogP contribution in [0.4, 0.5) is 5.69 Å². The molecule has 0 bridgehead atoms. The van der Waals surface area contributed by atoms with Gasteiger partial charge in [0.15, 0.2) is 0 Å². The van der Waals surface area contributed by atoms with Crippen LogP contribution in [0.5, 0.6) is 0 Å². The smallest absolute Gasteiger partial charge is 0.243 e. The van der Waals surface area contributed by atoms with Gasteiger partial charge < -0.3 is 10.2 Å². The number of nitrogens with one attached hydrogen (secondary N) is 1. The summed E-state index contributed by atoms with van der Waals surface area (Å²) in [5.41, 5.74) is 0.583. The Hall–Kier alpha value is -1.97. The molecule has 164 valence electrons. The minimum atomic E-state index is -3.46. The van der Waals surface area contributed by atoms with Crippen molar-refractivity contribution in [3.8, 4) is 0 Å². The minimum absolute atomic E-state index is 0.136. The third-order valence-electron chi connectivity index (χ3n) is 6.07. The lowest BCUT2D eigenvalue weighted by Crippen LogP contribution is -2.50. The maximum atomic E-state index is 12.7. The van der Waals surface area contributed by atoms with Crippen LogP contribution in [-0.4, -0.2) is 80.2 Å². The van der Waals surface area contributed by atoms with Gasteiger partial charge in [-0.2, -0.15) is 4.31 Å². The van der Waals surface area contributed by atoms with Gasteiger partial charge in [-0.3, -0.25) is 14.5 Å². The van der Waals surface area contributed by atoms with E-state index in [9.17, 15) is 18.0 Å². The van der Waals surface area contributed by atoms with Crippen LogP contribution in [0.1, 0.15) is 32.1 Å². The number of anilines is 1. The Balaban J connectivity index is 1.26. The van der Waals surface area contributed by atoms with Gasteiger partial charge in [-0.1, -0.05) is 6.42 Å². The summed E-state index contributed by atoms with van der Waals surface area (Å²) in [6.07, 6.45) is 4.90. The van der Waals surface area contributed by atoms with Crippen molar-refractivity contribution in [2.75, 3.05) is 51.1 Å². The van der Waals surface area contributed by atoms with E-state index in [4.69, 9.17) is 0 Å². The first-order chi connectivity index (χ1) is 14.4. The zero-order valence-electron chi connectivity index (χ0n) is 17.3. The highest BCUT2D eigenvalue weighted by atomic mass is 32.2. The van der Waals surface area contributed by atoms with Crippen LogP contribution in [-0.2, 0) is 19.6 Å². The van der Waals surface area contributed by atoms with E-state index in [2.05, 4.69) is 5.32 Å². The van der Waals surface area contributed by atoms with Gasteiger partial charge in [0.05, 0.1) is 11.4 Å². The van der Waals surface area contributed by atoms with Crippen molar-refractivity contribution in [3.05, 3.63) is 24.3 Å². The molecule has 1 aromatic carbocycles. The van der Waals surface area contributed by atoms with Crippen molar-refractivity contribution in [3.63, 3.8) is 0 Å². The molecular formula is C21H30N4O4S. The molecule has 2 saturated heterocycles. The Morgan fingerprint density at radius 3 is 2.13 bits per heavy atom. The van der Waals surface area contributed by atoms with Crippen LogP contribution in [0, 0.1) is 5.92 Å². The summed E-state index contributed by atoms with van der Waals surface area (Å²) >= 11 is 0. The lowest BCUT2D eigenvalue weighted by Gasteiger charge is -2.34. The summed E-state index contributed by atoms with van der Waals surface area (Å²) in [5, 5.41) is 2.84. The normalized spacial score (nSPS) is 21.4. The fourth-order valence-electron chi connectivity index (χ4n) is 4.08. The maximum absolute atomic E-state index is 12.7. The van der Waals surface area contributed by atoms with Crippen LogP contribution in [0.25, 0.3) is 0 Å². The molecule has 0 radical (unpaired) electrons. The van der Waals surface area contributed by atoms with Gasteiger partial charge in [0.2, 0.25) is 21.8 Å². The van der Waals surface area contributed by atoms with Crippen LogP contribution in [0.2, 0.25) is 0 Å². The lowest BCUT2D eigenvalue weighted by molar-refractivity contribution is -0.134. The van der Waals surface area contributed by atoms with Crippen LogP contribution in [0.3, 0.4) is 0 Å². The zero-order chi connectivity index (χ0) is 21.1. The average Bonchev–Trinajstić information content (AvgIpc) is 3.60. The van der Waals surface area contributed by atoms with Crippen molar-refractivity contribution < 1.29 is 18.0 Å². The highest BCUT2D eigenvalue weighted by Crippen LogP contribution is 2.31. The van der Waals surface area contributed by atoms with Gasteiger partial charge in [-0.25, -0.2) is 8.42 Å². The third kappa shape index (κ3) is 5.01. The second-order valence-electron chi connectivity index (χ2n) is 8.41. The first-order valence-electron chi connectivity index (χ1n) is 10.8. The van der Waals surface area contributed by atoms with Crippen molar-refractivity contribution >= 4 is 27.5 Å². The summed E-state index contributed by atoms with van der Waals surface area (Å²) in [4.78, 5) is 28.7. The number of benzene rings is 1. The first kappa shape index (κ1) is 21.3. The van der Waals surface area contributed by atoms with E-state index in [1.807, 2.05) is 9.80 Å². The number of piperidine rings is 1. The summed E-state index contributed by atoms with van der Waals surface area (Å²) in [6.45, 7) is 4.13. The van der Waals surface area contributed by atoms with Crippen molar-refractivity contribution in [2.45, 2.75) is 37.0 Å². The molecule has 3 fully saturated rings. The lowest BCUT2D eigenvalue weighted by atomic mass is 10.2. The number of hydrogen-bond donors (Lipinski definition) is 1. The quantitative estimate of drug-likeness (QED) is 0.730. The SMILES string of the molecule is O=C(CN1CCN(C(=O)C2CC2)CC1)Nc1ccc(S(=O)(=O)N2CCCCC2)cc1. The van der Waals surface area contributed by atoms with E-state index in [0.29, 0.717) is 45.0 Å². The number of hydrogen-bond acceptors (Lipinski definition) is 5. The molecule has 1 aliphatic carbocycles. The van der Waals surface area contributed by atoms with Gasteiger partial charge in [-0.05, 0) is 49.9 Å². The van der Waals surface area contributed by atoms with E-state index < -0.39 is 10.0 Å². The Morgan fingerprint density at radius 1 is 0.900 bits per heavy atom. The molecular weight excluding hydrogens is 404 g/mol. The van der Waals surface area contributed by atoms with Gasteiger partial charge in [0.1, 0.15) is 0 Å². The molecule has 1 N–H and O–H groups in total. The summed E-state index contributed by atoms with van der Waals surface area (Å²) in [7, 11) is -3.46. The predicted octanol–water partition coefficient (Wildman–Crippen LogP) is 1.35. The van der Waals surface area contributed by atoms with Crippen molar-refractivity contribution in [1.29, 1.82) is 0 Å². The van der Waals surface area contributed by atoms with Crippen molar-refractivity contribution in [1.82, 2.24) is 14.1 Å². The molecule has 2 amide bonds. The van der Waals surface area contributed by atoms with E-state index in [1.54, 1.807) is 24.3 Å². The van der Waals surface area contributed by atoms with Crippen LogP contribution in [0.15, 0.2) is 29.2 Å². The number of rotatable bonds is 6. The van der Waals surface area contributed by atoms with Gasteiger partial charge in [0.25, 0.3) is 0 Å². The third-order valence-corrected chi connectivity index (χ3v) is 7.98. The van der Waals surface area contributed by atoms with Gasteiger partial charge in [-0.15, -0.1) is 0 Å². The molecule has 1 saturated carbocycles. The number of carbonyl (C=O) groups is 2. The Kier molecular flexibility index (Phi) is 6.40. The van der Waals surface area contributed by atoms with Crippen molar-refractivity contribution in [2.24, 2.45) is 5.92 Å². The summed E-state index contributed by atoms with van der Waals surface area (Å²) < 4.78 is 27.0. The van der Waals surface area contributed by atoms with E-state index in [1.165, 1.54) is 4.31 Å². The largest absolute Gasteiger partial charge is 0.340 e. The molecule has 0 atom stereocenters. The standard InChI is InChI=1S/C21H30N4O4S/c26-20(16-23-12-14-24(15-13-23)21(27)17-4-5-17)22-18-6-8-19(9-7-18)30(28,29)25-10-2-1-3-11-25/h6-9,17H,1-5,10-16H2,(H,22,26). The molecule has 0 aromatic heterocycles. The average molecular weight is 435 g/mol. The molecule has 30 heavy (non-hydrogen) atoms. The predicted molar refractivity (Wildman–Crippen MR) is 113 cm³/mol. The Morgan fingerprint density at radius 2 is 1.53 bits per heavy atom. The van der Waals surface area contributed by atoms with Crippen LogP contribution < -0.4 is 5.32 Å². The number of sulfonamides is 1. The number of piperazine rings is 1. The summed E-state index contributed by atoms with van der Waals surface area (Å²) in [5.74, 6) is 0.365. The zero-order valence-corrected chi connectivity index (χ0v) is 18.1. The molecule has 8 nitrogen and oxygen atoms in total. The maximum Gasteiger partial charge on any atom is 0.243 e. The number of carbonyl (C=O) groups excluding carboxylic acids is 2. The van der Waals surface area contributed by atoms with E-state index in [0.717, 1.165) is 32.1 Å². The van der Waals surface area contributed by atoms with Gasteiger partial charge in [0, 0.05) is 50.9 Å². The monoisotopic (exact) mass is 434 g/mol. The molecule has 2 aliphatic heterocycles. The number of nitrogens with zero attached hydrogens (tertiary/aromatic N) is 3. The molecule has 1 aromatic rings. The molecule has 0 unspecified atom stereocenters. The Bertz CT molecular complexity index is 869. The Labute approximate surface area is 178 Å². The van der Waals surface area contributed by atoms with E-state index in [-0.39, 0.29) is 29.2 Å². The first-order valence-corrected chi connectivity index (χ1v) is 12.3. The second-order valence-corrected chi connectivity index (χ2v) is 10.4. The van der Waals surface area contributed by atoms with Crippen LogP contribution >= 0.6 is 0 Å². The molecule has 0 spiro atoms. The number of amides is 2.